The largest absolute Gasteiger partial charge is 0.403 e. The fourth-order valence-electron chi connectivity index (χ4n) is 2.96. The molecular weight excluding hydrogens is 527 g/mol. The summed E-state index contributed by atoms with van der Waals surface area (Å²) in [4.78, 5) is 6.83. The Kier molecular flexibility index (Phi) is 9.60. The van der Waals surface area contributed by atoms with E-state index in [1.165, 1.54) is 30.1 Å². The quantitative estimate of drug-likeness (QED) is 0.263. The lowest BCUT2D eigenvalue weighted by molar-refractivity contribution is -0.181. The van der Waals surface area contributed by atoms with Gasteiger partial charge in [-0.25, -0.2) is 12.8 Å². The Morgan fingerprint density at radius 1 is 1.21 bits per heavy atom. The highest BCUT2D eigenvalue weighted by molar-refractivity contribution is 14.0. The van der Waals surface area contributed by atoms with Crippen molar-refractivity contribution in [1.82, 2.24) is 15.1 Å². The summed E-state index contributed by atoms with van der Waals surface area (Å²) >= 11 is 0. The minimum Gasteiger partial charge on any atom is -0.355 e. The molecule has 29 heavy (non-hydrogen) atoms. The molecule has 1 unspecified atom stereocenters. The van der Waals surface area contributed by atoms with E-state index >= 15 is 0 Å². The first kappa shape index (κ1) is 25.9. The number of aliphatic imine (C=N–C) groups is 1. The summed E-state index contributed by atoms with van der Waals surface area (Å²) in [5.74, 6) is -0.734. The van der Waals surface area contributed by atoms with Crippen LogP contribution < -0.4 is 5.32 Å². The van der Waals surface area contributed by atoms with E-state index in [0.29, 0.717) is 19.0 Å². The number of benzene rings is 1. The topological polar surface area (TPSA) is 65.0 Å². The zero-order valence-corrected chi connectivity index (χ0v) is 19.3. The van der Waals surface area contributed by atoms with Gasteiger partial charge in [0.15, 0.2) is 15.8 Å². The highest BCUT2D eigenvalue weighted by Crippen LogP contribution is 2.25. The Morgan fingerprint density at radius 3 is 2.31 bits per heavy atom. The predicted molar refractivity (Wildman–Crippen MR) is 114 cm³/mol. The smallest absolute Gasteiger partial charge is 0.355 e. The summed E-state index contributed by atoms with van der Waals surface area (Å²) in [5, 5.41) is 2.89. The maximum atomic E-state index is 13.7. The second-order valence-electron chi connectivity index (χ2n) is 6.46. The van der Waals surface area contributed by atoms with E-state index < -0.39 is 27.9 Å². The summed E-state index contributed by atoms with van der Waals surface area (Å²) < 4.78 is 76.7. The zero-order valence-electron chi connectivity index (χ0n) is 16.1. The molecule has 0 saturated carbocycles. The molecule has 1 atom stereocenters. The van der Waals surface area contributed by atoms with Crippen LogP contribution in [0.2, 0.25) is 0 Å². The first-order valence-corrected chi connectivity index (χ1v) is 10.4. The Labute approximate surface area is 185 Å². The summed E-state index contributed by atoms with van der Waals surface area (Å²) in [6, 6.07) is 3.63. The third-order valence-electron chi connectivity index (χ3n) is 4.67. The number of alkyl halides is 3. The standard InChI is InChI=1S/C17H24F4N4O2S.HI/c1-13(17(19,20)21)24-8-10-25(11-9-24)16(22-2)23-7-12-28(26,27)15-6-4-3-5-14(15)18;/h3-6,13H,7-12H2,1-2H3,(H,22,23);1H. The van der Waals surface area contributed by atoms with E-state index in [4.69, 9.17) is 0 Å². The van der Waals surface area contributed by atoms with E-state index in [1.807, 2.05) is 0 Å². The van der Waals surface area contributed by atoms with Crippen LogP contribution in [-0.4, -0.2) is 81.9 Å². The normalized spacial score (nSPS) is 17.6. The minimum atomic E-state index is -4.27. The van der Waals surface area contributed by atoms with E-state index in [-0.39, 0.29) is 54.3 Å². The van der Waals surface area contributed by atoms with Gasteiger partial charge in [0.05, 0.1) is 5.75 Å². The summed E-state index contributed by atoms with van der Waals surface area (Å²) in [6.07, 6.45) is -4.27. The van der Waals surface area contributed by atoms with Gasteiger partial charge in [-0.15, -0.1) is 24.0 Å². The van der Waals surface area contributed by atoms with Crippen LogP contribution in [0.1, 0.15) is 6.92 Å². The number of guanidine groups is 1. The summed E-state index contributed by atoms with van der Waals surface area (Å²) in [7, 11) is -2.29. The van der Waals surface area contributed by atoms with Crippen LogP contribution in [0, 0.1) is 5.82 Å². The van der Waals surface area contributed by atoms with Crippen LogP contribution in [0.3, 0.4) is 0 Å². The molecule has 6 nitrogen and oxygen atoms in total. The molecule has 1 aromatic rings. The lowest BCUT2D eigenvalue weighted by Gasteiger charge is -2.39. The van der Waals surface area contributed by atoms with Gasteiger partial charge < -0.3 is 10.2 Å². The van der Waals surface area contributed by atoms with Crippen molar-refractivity contribution in [3.8, 4) is 0 Å². The number of hydrogen-bond donors (Lipinski definition) is 1. The number of hydrogen-bond acceptors (Lipinski definition) is 4. The van der Waals surface area contributed by atoms with Crippen LogP contribution in [-0.2, 0) is 9.84 Å². The van der Waals surface area contributed by atoms with E-state index in [2.05, 4.69) is 10.3 Å². The van der Waals surface area contributed by atoms with Gasteiger partial charge in [0.1, 0.15) is 16.8 Å². The van der Waals surface area contributed by atoms with Crippen molar-refractivity contribution in [2.75, 3.05) is 45.5 Å². The van der Waals surface area contributed by atoms with Crippen LogP contribution >= 0.6 is 24.0 Å². The maximum Gasteiger partial charge on any atom is 0.403 e. The lowest BCUT2D eigenvalue weighted by Crippen LogP contribution is -2.57. The molecule has 0 radical (unpaired) electrons. The van der Waals surface area contributed by atoms with Crippen molar-refractivity contribution in [3.05, 3.63) is 30.1 Å². The molecule has 0 spiro atoms. The molecule has 1 heterocycles. The number of nitrogens with one attached hydrogen (secondary N) is 1. The molecule has 0 aliphatic carbocycles. The predicted octanol–water partition coefficient (Wildman–Crippen LogP) is 2.36. The van der Waals surface area contributed by atoms with Crippen molar-refractivity contribution < 1.29 is 26.0 Å². The maximum absolute atomic E-state index is 13.7. The molecule has 1 aromatic carbocycles. The van der Waals surface area contributed by atoms with Crippen LogP contribution in [0.4, 0.5) is 17.6 Å². The number of halogens is 5. The van der Waals surface area contributed by atoms with E-state index in [1.54, 1.807) is 4.90 Å². The second kappa shape index (κ2) is 10.8. The Bertz CT molecular complexity index is 797. The SMILES string of the molecule is CN=C(NCCS(=O)(=O)c1ccccc1F)N1CCN(C(C)C(F)(F)F)CC1.I. The number of sulfone groups is 1. The molecule has 1 aliphatic heterocycles. The molecule has 1 aliphatic rings. The molecule has 166 valence electrons. The van der Waals surface area contributed by atoms with Crippen molar-refractivity contribution >= 4 is 39.8 Å². The summed E-state index contributed by atoms with van der Waals surface area (Å²) in [6.45, 7) is 2.24. The number of nitrogens with zero attached hydrogens (tertiary/aromatic N) is 3. The van der Waals surface area contributed by atoms with Gasteiger partial charge in [-0.2, -0.15) is 13.2 Å². The fourth-order valence-corrected chi connectivity index (χ4v) is 4.21. The van der Waals surface area contributed by atoms with Gasteiger partial charge in [-0.05, 0) is 19.1 Å². The Morgan fingerprint density at radius 2 is 1.79 bits per heavy atom. The molecule has 1 saturated heterocycles. The van der Waals surface area contributed by atoms with Crippen molar-refractivity contribution in [2.45, 2.75) is 24.0 Å². The zero-order chi connectivity index (χ0) is 20.9. The minimum absolute atomic E-state index is 0. The highest BCUT2D eigenvalue weighted by Gasteiger charge is 2.41. The van der Waals surface area contributed by atoms with Gasteiger partial charge in [0.25, 0.3) is 0 Å². The molecule has 0 aromatic heterocycles. The average Bonchev–Trinajstić information content (AvgIpc) is 2.64. The molecule has 1 N–H and O–H groups in total. The van der Waals surface area contributed by atoms with E-state index in [9.17, 15) is 26.0 Å². The number of rotatable bonds is 5. The first-order valence-electron chi connectivity index (χ1n) is 8.80. The monoisotopic (exact) mass is 552 g/mol. The van der Waals surface area contributed by atoms with Crippen LogP contribution in [0.15, 0.2) is 34.2 Å². The van der Waals surface area contributed by atoms with Crippen LogP contribution in [0.5, 0.6) is 0 Å². The first-order chi connectivity index (χ1) is 13.1. The number of piperazine rings is 1. The average molecular weight is 552 g/mol. The van der Waals surface area contributed by atoms with Gasteiger partial charge in [-0.3, -0.25) is 9.89 Å². The van der Waals surface area contributed by atoms with Crippen LogP contribution in [0.25, 0.3) is 0 Å². The van der Waals surface area contributed by atoms with Gasteiger partial charge in [0.2, 0.25) is 0 Å². The lowest BCUT2D eigenvalue weighted by atomic mass is 10.2. The Balaban J connectivity index is 0.00000420. The fraction of sp³-hybridized carbons (Fsp3) is 0.588. The van der Waals surface area contributed by atoms with E-state index in [0.717, 1.165) is 13.0 Å². The van der Waals surface area contributed by atoms with Crippen molar-refractivity contribution in [3.63, 3.8) is 0 Å². The third-order valence-corrected chi connectivity index (χ3v) is 6.42. The molecular formula is C17H25F4IN4O2S. The molecule has 0 bridgehead atoms. The molecule has 0 amide bonds. The molecule has 12 heteroatoms. The van der Waals surface area contributed by atoms with Crippen molar-refractivity contribution in [1.29, 1.82) is 0 Å². The van der Waals surface area contributed by atoms with Gasteiger partial charge in [-0.1, -0.05) is 12.1 Å². The van der Waals surface area contributed by atoms with Crippen molar-refractivity contribution in [2.24, 2.45) is 4.99 Å². The second-order valence-corrected chi connectivity index (χ2v) is 8.54. The van der Waals surface area contributed by atoms with Gasteiger partial charge in [0, 0.05) is 39.8 Å². The highest BCUT2D eigenvalue weighted by atomic mass is 127. The molecule has 2 rings (SSSR count). The third kappa shape index (κ3) is 6.95. The summed E-state index contributed by atoms with van der Waals surface area (Å²) in [5.41, 5.74) is 0. The molecule has 1 fully saturated rings. The van der Waals surface area contributed by atoms with Gasteiger partial charge >= 0.3 is 6.18 Å². The Hall–Kier alpha value is -1.15.